The van der Waals surface area contributed by atoms with E-state index in [1.165, 1.54) is 16.3 Å². The molecule has 0 N–H and O–H groups in total. The molecule has 0 radical (unpaired) electrons. The highest BCUT2D eigenvalue weighted by Gasteiger charge is 2.31. The first kappa shape index (κ1) is 17.2. The smallest absolute Gasteiger partial charge is 0.409 e. The first-order chi connectivity index (χ1) is 11.5. The normalized spacial score (nSPS) is 19.0. The van der Waals surface area contributed by atoms with E-state index in [0.29, 0.717) is 37.7 Å². The zero-order valence-electron chi connectivity index (χ0n) is 14.0. The van der Waals surface area contributed by atoms with Crippen LogP contribution in [-0.4, -0.2) is 56.5 Å². The van der Waals surface area contributed by atoms with Crippen LogP contribution in [0.25, 0.3) is 0 Å². The van der Waals surface area contributed by atoms with Crippen LogP contribution >= 0.6 is 0 Å². The van der Waals surface area contributed by atoms with Crippen LogP contribution in [0.3, 0.4) is 0 Å². The van der Waals surface area contributed by atoms with E-state index < -0.39 is 10.0 Å². The Balaban J connectivity index is 1.71. The number of nitrogens with zero attached hydrogens (tertiary/aromatic N) is 2. The Morgan fingerprint density at radius 3 is 2.42 bits per heavy atom. The van der Waals surface area contributed by atoms with Gasteiger partial charge in [-0.05, 0) is 55.9 Å². The molecule has 1 aliphatic heterocycles. The van der Waals surface area contributed by atoms with Gasteiger partial charge in [0, 0.05) is 26.2 Å². The van der Waals surface area contributed by atoms with Crippen molar-refractivity contribution in [2.45, 2.75) is 37.5 Å². The SMILES string of the molecule is CCOC(=O)N1CCN(S(=O)(=O)c2ccc3c(c2)CCCC3)CC1. The number of fused-ring (bicyclic) bond motifs is 1. The first-order valence-electron chi connectivity index (χ1n) is 8.56. The second-order valence-corrected chi connectivity index (χ2v) is 8.17. The van der Waals surface area contributed by atoms with Gasteiger partial charge in [-0.15, -0.1) is 0 Å². The molecular weight excluding hydrogens is 328 g/mol. The van der Waals surface area contributed by atoms with Gasteiger partial charge in [0.1, 0.15) is 0 Å². The molecule has 1 heterocycles. The van der Waals surface area contributed by atoms with Crippen molar-refractivity contribution in [3.05, 3.63) is 29.3 Å². The van der Waals surface area contributed by atoms with Gasteiger partial charge in [-0.25, -0.2) is 13.2 Å². The van der Waals surface area contributed by atoms with Gasteiger partial charge in [0.05, 0.1) is 11.5 Å². The number of aryl methyl sites for hydroxylation is 2. The van der Waals surface area contributed by atoms with Crippen LogP contribution in [0, 0.1) is 0 Å². The number of rotatable bonds is 3. The van der Waals surface area contributed by atoms with Crippen LogP contribution in [0.15, 0.2) is 23.1 Å². The van der Waals surface area contributed by atoms with Crippen molar-refractivity contribution in [2.75, 3.05) is 32.8 Å². The Labute approximate surface area is 143 Å². The molecule has 132 valence electrons. The number of benzene rings is 1. The fourth-order valence-corrected chi connectivity index (χ4v) is 4.82. The standard InChI is InChI=1S/C17H24N2O4S/c1-2-23-17(20)18-9-11-19(12-10-18)24(21,22)16-8-7-14-5-3-4-6-15(14)13-16/h7-8,13H,2-6,9-12H2,1H3. The molecule has 6 nitrogen and oxygen atoms in total. The fraction of sp³-hybridized carbons (Fsp3) is 0.588. The fourth-order valence-electron chi connectivity index (χ4n) is 3.35. The molecule has 2 aliphatic rings. The molecule has 0 unspecified atom stereocenters. The van der Waals surface area contributed by atoms with Crippen molar-refractivity contribution >= 4 is 16.1 Å². The van der Waals surface area contributed by atoms with Crippen molar-refractivity contribution in [2.24, 2.45) is 0 Å². The van der Waals surface area contributed by atoms with E-state index in [1.807, 2.05) is 12.1 Å². The minimum absolute atomic E-state index is 0.304. The summed E-state index contributed by atoms with van der Waals surface area (Å²) in [5.41, 5.74) is 2.43. The Morgan fingerprint density at radius 1 is 1.08 bits per heavy atom. The van der Waals surface area contributed by atoms with Crippen molar-refractivity contribution in [1.82, 2.24) is 9.21 Å². The molecule has 1 aliphatic carbocycles. The molecular formula is C17H24N2O4S. The second kappa shape index (κ2) is 7.11. The minimum Gasteiger partial charge on any atom is -0.450 e. The molecule has 0 bridgehead atoms. The zero-order chi connectivity index (χ0) is 17.2. The van der Waals surface area contributed by atoms with Crippen molar-refractivity contribution in [3.63, 3.8) is 0 Å². The van der Waals surface area contributed by atoms with E-state index in [0.717, 1.165) is 24.8 Å². The summed E-state index contributed by atoms with van der Waals surface area (Å²) in [6.45, 7) is 3.42. The molecule has 0 aromatic heterocycles. The molecule has 0 atom stereocenters. The van der Waals surface area contributed by atoms with E-state index in [2.05, 4.69) is 0 Å². The number of ether oxygens (including phenoxy) is 1. The highest BCUT2D eigenvalue weighted by Crippen LogP contribution is 2.26. The van der Waals surface area contributed by atoms with Gasteiger partial charge in [0.25, 0.3) is 0 Å². The van der Waals surface area contributed by atoms with Gasteiger partial charge >= 0.3 is 6.09 Å². The highest BCUT2D eigenvalue weighted by atomic mass is 32.2. The summed E-state index contributed by atoms with van der Waals surface area (Å²) in [6, 6.07) is 5.51. The number of hydrogen-bond donors (Lipinski definition) is 0. The largest absolute Gasteiger partial charge is 0.450 e. The lowest BCUT2D eigenvalue weighted by Gasteiger charge is -2.33. The van der Waals surface area contributed by atoms with Crippen molar-refractivity contribution in [3.8, 4) is 0 Å². The maximum Gasteiger partial charge on any atom is 0.409 e. The predicted octanol–water partition coefficient (Wildman–Crippen LogP) is 2.03. The molecule has 1 fully saturated rings. The average molecular weight is 352 g/mol. The molecule has 3 rings (SSSR count). The molecule has 0 saturated carbocycles. The molecule has 0 spiro atoms. The van der Waals surface area contributed by atoms with Crippen LogP contribution in [0.2, 0.25) is 0 Å². The van der Waals surface area contributed by atoms with Crippen LogP contribution < -0.4 is 0 Å². The maximum atomic E-state index is 12.9. The van der Waals surface area contributed by atoms with E-state index in [-0.39, 0.29) is 6.09 Å². The van der Waals surface area contributed by atoms with Gasteiger partial charge in [0.15, 0.2) is 0 Å². The summed E-state index contributed by atoms with van der Waals surface area (Å²) in [7, 11) is -3.50. The van der Waals surface area contributed by atoms with Crippen molar-refractivity contribution < 1.29 is 17.9 Å². The topological polar surface area (TPSA) is 66.9 Å². The number of sulfonamides is 1. The van der Waals surface area contributed by atoms with Gasteiger partial charge in [-0.1, -0.05) is 6.07 Å². The summed E-state index contributed by atoms with van der Waals surface area (Å²) in [6.07, 6.45) is 3.91. The van der Waals surface area contributed by atoms with Gasteiger partial charge in [-0.2, -0.15) is 4.31 Å². The Hall–Kier alpha value is -1.60. The first-order valence-corrected chi connectivity index (χ1v) is 10.00. The van der Waals surface area contributed by atoms with Crippen LogP contribution in [0.4, 0.5) is 4.79 Å². The van der Waals surface area contributed by atoms with Gasteiger partial charge in [-0.3, -0.25) is 0 Å². The molecule has 1 amide bonds. The van der Waals surface area contributed by atoms with E-state index in [4.69, 9.17) is 4.74 Å². The third-order valence-electron chi connectivity index (χ3n) is 4.72. The molecule has 1 aromatic rings. The number of carbonyl (C=O) groups is 1. The third kappa shape index (κ3) is 3.42. The van der Waals surface area contributed by atoms with Crippen molar-refractivity contribution in [1.29, 1.82) is 0 Å². The number of amides is 1. The number of carbonyl (C=O) groups excluding carboxylic acids is 1. The number of hydrogen-bond acceptors (Lipinski definition) is 4. The molecule has 1 saturated heterocycles. The summed E-state index contributed by atoms with van der Waals surface area (Å²) >= 11 is 0. The van der Waals surface area contributed by atoms with Gasteiger partial charge in [0.2, 0.25) is 10.0 Å². The summed E-state index contributed by atoms with van der Waals surface area (Å²) in [4.78, 5) is 13.6. The van der Waals surface area contributed by atoms with E-state index in [9.17, 15) is 13.2 Å². The molecule has 1 aromatic carbocycles. The number of piperazine rings is 1. The van der Waals surface area contributed by atoms with E-state index in [1.54, 1.807) is 17.9 Å². The lowest BCUT2D eigenvalue weighted by molar-refractivity contribution is 0.0934. The average Bonchev–Trinajstić information content (AvgIpc) is 2.61. The quantitative estimate of drug-likeness (QED) is 0.835. The monoisotopic (exact) mass is 352 g/mol. The second-order valence-electron chi connectivity index (χ2n) is 6.23. The Morgan fingerprint density at radius 2 is 1.75 bits per heavy atom. The van der Waals surface area contributed by atoms with Crippen LogP contribution in [0.5, 0.6) is 0 Å². The zero-order valence-corrected chi connectivity index (χ0v) is 14.8. The predicted molar refractivity (Wildman–Crippen MR) is 90.4 cm³/mol. The maximum absolute atomic E-state index is 12.9. The summed E-state index contributed by atoms with van der Waals surface area (Å²) in [5.74, 6) is 0. The summed E-state index contributed by atoms with van der Waals surface area (Å²) < 4.78 is 32.2. The summed E-state index contributed by atoms with van der Waals surface area (Å²) in [5, 5.41) is 0. The molecule has 7 heteroatoms. The highest BCUT2D eigenvalue weighted by molar-refractivity contribution is 7.89. The minimum atomic E-state index is -3.50. The lowest BCUT2D eigenvalue weighted by atomic mass is 9.92. The Bertz CT molecular complexity index is 709. The van der Waals surface area contributed by atoms with Crippen LogP contribution in [0.1, 0.15) is 30.9 Å². The van der Waals surface area contributed by atoms with Crippen LogP contribution in [-0.2, 0) is 27.6 Å². The Kier molecular flexibility index (Phi) is 5.10. The van der Waals surface area contributed by atoms with Gasteiger partial charge < -0.3 is 9.64 Å². The van der Waals surface area contributed by atoms with E-state index >= 15 is 0 Å². The lowest BCUT2D eigenvalue weighted by Crippen LogP contribution is -2.50. The third-order valence-corrected chi connectivity index (χ3v) is 6.62. The molecule has 24 heavy (non-hydrogen) atoms.